The maximum Gasteiger partial charge on any atom is 0.218 e. The third kappa shape index (κ3) is 4.57. The van der Waals surface area contributed by atoms with Crippen LogP contribution in [0.1, 0.15) is 0 Å². The first-order chi connectivity index (χ1) is 7.22. The molecule has 0 unspecified atom stereocenters. The van der Waals surface area contributed by atoms with Crippen molar-refractivity contribution in [3.63, 3.8) is 0 Å². The van der Waals surface area contributed by atoms with E-state index < -0.39 is 0 Å². The molecule has 0 bridgehead atoms. The van der Waals surface area contributed by atoms with Gasteiger partial charge in [-0.1, -0.05) is 0 Å². The van der Waals surface area contributed by atoms with Gasteiger partial charge in [-0.25, -0.2) is 9.97 Å². The molecule has 0 fully saturated rings. The maximum absolute atomic E-state index is 8.67. The van der Waals surface area contributed by atoms with Crippen molar-refractivity contribution in [2.24, 2.45) is 0 Å². The van der Waals surface area contributed by atoms with Crippen molar-refractivity contribution in [2.75, 3.05) is 39.1 Å². The van der Waals surface area contributed by atoms with Crippen molar-refractivity contribution in [2.45, 2.75) is 0 Å². The van der Waals surface area contributed by atoms with Crippen molar-refractivity contribution in [1.29, 1.82) is 0 Å². The van der Waals surface area contributed by atoms with E-state index in [2.05, 4.69) is 9.97 Å². The zero-order valence-corrected chi connectivity index (χ0v) is 8.76. The van der Waals surface area contributed by atoms with Gasteiger partial charge in [-0.3, -0.25) is 0 Å². The number of likely N-dealkylation sites (N-methyl/N-ethyl adjacent to an activating group) is 1. The van der Waals surface area contributed by atoms with E-state index in [1.807, 2.05) is 11.9 Å². The molecule has 0 saturated carbocycles. The van der Waals surface area contributed by atoms with Crippen LogP contribution in [-0.4, -0.2) is 53.3 Å². The normalized spacial score (nSPS) is 10.6. The summed E-state index contributed by atoms with van der Waals surface area (Å²) in [6.07, 6.45) is 1.36. The predicted octanol–water partition coefficient (Wildman–Crippen LogP) is -0.638. The summed E-state index contributed by atoms with van der Waals surface area (Å²) in [6, 6.07) is 1.58. The Hall–Kier alpha value is -1.40. The van der Waals surface area contributed by atoms with Crippen molar-refractivity contribution in [3.05, 3.63) is 12.4 Å². The van der Waals surface area contributed by atoms with Gasteiger partial charge in [0.1, 0.15) is 18.8 Å². The van der Waals surface area contributed by atoms with Gasteiger partial charge >= 0.3 is 0 Å². The van der Waals surface area contributed by atoms with Gasteiger partial charge in [0.2, 0.25) is 5.88 Å². The second kappa shape index (κ2) is 6.15. The number of rotatable bonds is 6. The highest BCUT2D eigenvalue weighted by atomic mass is 16.5. The molecule has 84 valence electrons. The van der Waals surface area contributed by atoms with Crippen LogP contribution in [0.4, 0.5) is 5.82 Å². The number of aliphatic hydroxyl groups excluding tert-OH is 1. The molecule has 3 N–H and O–H groups in total. The fraction of sp³-hybridized carbons (Fsp3) is 0.556. The lowest BCUT2D eigenvalue weighted by atomic mass is 10.5. The quantitative estimate of drug-likeness (QED) is 0.652. The molecule has 0 aromatic carbocycles. The summed E-state index contributed by atoms with van der Waals surface area (Å²) in [7, 11) is 1.91. The minimum atomic E-state index is 0.150. The SMILES string of the molecule is CN(CCO)CCOc1cc(N)ncn1. The second-order valence-corrected chi connectivity index (χ2v) is 3.16. The lowest BCUT2D eigenvalue weighted by molar-refractivity contribution is 0.190. The number of nitrogens with two attached hydrogens (primary N) is 1. The highest BCUT2D eigenvalue weighted by Crippen LogP contribution is 2.06. The first-order valence-corrected chi connectivity index (χ1v) is 4.72. The van der Waals surface area contributed by atoms with E-state index in [4.69, 9.17) is 15.6 Å². The zero-order valence-electron chi connectivity index (χ0n) is 8.76. The number of hydrogen-bond acceptors (Lipinski definition) is 6. The van der Waals surface area contributed by atoms with E-state index in [0.29, 0.717) is 24.8 Å². The van der Waals surface area contributed by atoms with Crippen LogP contribution in [0.3, 0.4) is 0 Å². The number of nitrogens with zero attached hydrogens (tertiary/aromatic N) is 3. The number of aromatic nitrogens is 2. The van der Waals surface area contributed by atoms with Gasteiger partial charge in [-0.15, -0.1) is 0 Å². The fourth-order valence-corrected chi connectivity index (χ4v) is 1.02. The Kier molecular flexibility index (Phi) is 4.79. The van der Waals surface area contributed by atoms with Gasteiger partial charge in [0.25, 0.3) is 0 Å². The molecule has 0 atom stereocenters. The van der Waals surface area contributed by atoms with Gasteiger partial charge in [-0.05, 0) is 7.05 Å². The summed E-state index contributed by atoms with van der Waals surface area (Å²) < 4.78 is 5.35. The summed E-state index contributed by atoms with van der Waals surface area (Å²) in [6.45, 7) is 2.02. The summed E-state index contributed by atoms with van der Waals surface area (Å²) in [5.74, 6) is 0.864. The minimum absolute atomic E-state index is 0.150. The molecule has 1 rings (SSSR count). The van der Waals surface area contributed by atoms with Crippen LogP contribution in [0.5, 0.6) is 5.88 Å². The topological polar surface area (TPSA) is 84.5 Å². The van der Waals surface area contributed by atoms with Crippen LogP contribution in [-0.2, 0) is 0 Å². The highest BCUT2D eigenvalue weighted by Gasteiger charge is 1.99. The van der Waals surface area contributed by atoms with Crippen LogP contribution in [0.2, 0.25) is 0 Å². The average Bonchev–Trinajstić information content (AvgIpc) is 2.18. The molecule has 1 heterocycles. The van der Waals surface area contributed by atoms with Gasteiger partial charge in [0.15, 0.2) is 0 Å². The molecular formula is C9H16N4O2. The van der Waals surface area contributed by atoms with E-state index in [-0.39, 0.29) is 6.61 Å². The third-order valence-corrected chi connectivity index (χ3v) is 1.87. The third-order valence-electron chi connectivity index (χ3n) is 1.87. The number of aliphatic hydroxyl groups is 1. The van der Waals surface area contributed by atoms with E-state index in [0.717, 1.165) is 6.54 Å². The van der Waals surface area contributed by atoms with Crippen molar-refractivity contribution in [3.8, 4) is 5.88 Å². The van der Waals surface area contributed by atoms with Gasteiger partial charge in [-0.2, -0.15) is 0 Å². The van der Waals surface area contributed by atoms with Crippen molar-refractivity contribution < 1.29 is 9.84 Å². The van der Waals surface area contributed by atoms with E-state index in [1.165, 1.54) is 6.33 Å². The smallest absolute Gasteiger partial charge is 0.218 e. The first-order valence-electron chi connectivity index (χ1n) is 4.72. The van der Waals surface area contributed by atoms with E-state index in [1.54, 1.807) is 6.07 Å². The summed E-state index contributed by atoms with van der Waals surface area (Å²) >= 11 is 0. The molecule has 0 saturated heterocycles. The van der Waals surface area contributed by atoms with E-state index in [9.17, 15) is 0 Å². The molecule has 0 aliphatic rings. The molecular weight excluding hydrogens is 196 g/mol. The molecule has 0 amide bonds. The van der Waals surface area contributed by atoms with Crippen molar-refractivity contribution >= 4 is 5.82 Å². The molecule has 0 spiro atoms. The summed E-state index contributed by atoms with van der Waals surface area (Å²) in [5, 5.41) is 8.67. The minimum Gasteiger partial charge on any atom is -0.476 e. The summed E-state index contributed by atoms with van der Waals surface area (Å²) in [4.78, 5) is 9.62. The molecule has 0 radical (unpaired) electrons. The molecule has 0 aliphatic carbocycles. The number of anilines is 1. The van der Waals surface area contributed by atoms with Gasteiger partial charge in [0.05, 0.1) is 6.61 Å². The maximum atomic E-state index is 8.67. The second-order valence-electron chi connectivity index (χ2n) is 3.16. The number of ether oxygens (including phenoxy) is 1. The Morgan fingerprint density at radius 2 is 2.27 bits per heavy atom. The first kappa shape index (κ1) is 11.7. The fourth-order valence-electron chi connectivity index (χ4n) is 1.02. The molecule has 15 heavy (non-hydrogen) atoms. The molecule has 6 heteroatoms. The highest BCUT2D eigenvalue weighted by molar-refractivity contribution is 5.30. The lowest BCUT2D eigenvalue weighted by Crippen LogP contribution is -2.27. The Morgan fingerprint density at radius 3 is 2.93 bits per heavy atom. The largest absolute Gasteiger partial charge is 0.476 e. The van der Waals surface area contributed by atoms with Crippen molar-refractivity contribution in [1.82, 2.24) is 14.9 Å². The van der Waals surface area contributed by atoms with Crippen LogP contribution in [0, 0.1) is 0 Å². The molecule has 1 aromatic rings. The van der Waals surface area contributed by atoms with Crippen LogP contribution in [0.15, 0.2) is 12.4 Å². The average molecular weight is 212 g/mol. The van der Waals surface area contributed by atoms with Gasteiger partial charge in [0, 0.05) is 19.2 Å². The Bertz CT molecular complexity index is 295. The standard InChI is InChI=1S/C9H16N4O2/c1-13(2-4-14)3-5-15-9-6-8(10)11-7-12-9/h6-7,14H,2-5H2,1H3,(H2,10,11,12). The van der Waals surface area contributed by atoms with Crippen LogP contribution < -0.4 is 10.5 Å². The number of hydrogen-bond donors (Lipinski definition) is 2. The Labute approximate surface area is 88.7 Å². The van der Waals surface area contributed by atoms with E-state index >= 15 is 0 Å². The summed E-state index contributed by atoms with van der Waals surface area (Å²) in [5.41, 5.74) is 5.46. The Morgan fingerprint density at radius 1 is 1.47 bits per heavy atom. The predicted molar refractivity (Wildman–Crippen MR) is 56.5 cm³/mol. The lowest BCUT2D eigenvalue weighted by Gasteiger charge is -2.14. The monoisotopic (exact) mass is 212 g/mol. The number of nitrogen functional groups attached to an aromatic ring is 1. The van der Waals surface area contributed by atoms with Gasteiger partial charge < -0.3 is 20.5 Å². The molecule has 1 aromatic heterocycles. The molecule has 0 aliphatic heterocycles. The van der Waals surface area contributed by atoms with Crippen LogP contribution >= 0.6 is 0 Å². The Balaban J connectivity index is 2.25. The zero-order chi connectivity index (χ0) is 11.1. The molecule has 6 nitrogen and oxygen atoms in total. The van der Waals surface area contributed by atoms with Crippen LogP contribution in [0.25, 0.3) is 0 Å².